The molecule has 0 unspecified atom stereocenters. The predicted molar refractivity (Wildman–Crippen MR) is 110 cm³/mol. The van der Waals surface area contributed by atoms with E-state index in [0.717, 1.165) is 32.1 Å². The molecule has 2 aromatic carbocycles. The average Bonchev–Trinajstić information content (AvgIpc) is 2.98. The quantitative estimate of drug-likeness (QED) is 0.712. The molecule has 1 aliphatic heterocycles. The summed E-state index contributed by atoms with van der Waals surface area (Å²) in [4.78, 5) is 51.1. The van der Waals surface area contributed by atoms with Crippen molar-refractivity contribution in [3.8, 4) is 0 Å². The van der Waals surface area contributed by atoms with Crippen LogP contribution in [0.4, 0.5) is 5.69 Å². The van der Waals surface area contributed by atoms with Crippen molar-refractivity contribution in [2.75, 3.05) is 5.32 Å². The number of fused-ring (bicyclic) bond motifs is 1. The van der Waals surface area contributed by atoms with Crippen molar-refractivity contribution in [3.63, 3.8) is 0 Å². The summed E-state index contributed by atoms with van der Waals surface area (Å²) in [6, 6.07) is 8.27. The molecule has 0 bridgehead atoms. The number of hydrogen-bond donors (Lipinski definition) is 2. The molecule has 0 saturated heterocycles. The summed E-state index contributed by atoms with van der Waals surface area (Å²) in [7, 11) is 0. The number of carbonyl (C=O) groups is 4. The number of imide groups is 1. The minimum Gasteiger partial charge on any atom is -0.478 e. The first kappa shape index (κ1) is 20.1. The van der Waals surface area contributed by atoms with Crippen LogP contribution >= 0.6 is 11.6 Å². The van der Waals surface area contributed by atoms with Gasteiger partial charge in [-0.05, 0) is 49.2 Å². The van der Waals surface area contributed by atoms with Crippen molar-refractivity contribution in [3.05, 3.63) is 63.7 Å². The van der Waals surface area contributed by atoms with Crippen LogP contribution in [0.1, 0.15) is 73.5 Å². The Balaban J connectivity index is 1.60. The van der Waals surface area contributed by atoms with Gasteiger partial charge in [0.1, 0.15) is 0 Å². The molecule has 0 spiro atoms. The molecule has 1 aliphatic carbocycles. The minimum atomic E-state index is -1.21. The Bertz CT molecular complexity index is 1080. The third-order valence-electron chi connectivity index (χ3n) is 5.58. The second-order valence-electron chi connectivity index (χ2n) is 7.48. The summed E-state index contributed by atoms with van der Waals surface area (Å²) in [5, 5.41) is 12.1. The number of carboxylic acid groups (broad SMARTS) is 1. The van der Waals surface area contributed by atoms with E-state index in [1.54, 1.807) is 0 Å². The van der Waals surface area contributed by atoms with E-state index < -0.39 is 11.9 Å². The Hall–Kier alpha value is -3.19. The van der Waals surface area contributed by atoms with Gasteiger partial charge >= 0.3 is 5.97 Å². The molecule has 30 heavy (non-hydrogen) atoms. The number of rotatable bonds is 4. The van der Waals surface area contributed by atoms with Gasteiger partial charge < -0.3 is 10.4 Å². The first-order valence-electron chi connectivity index (χ1n) is 9.73. The number of benzene rings is 2. The first-order chi connectivity index (χ1) is 14.4. The van der Waals surface area contributed by atoms with Crippen LogP contribution in [0.3, 0.4) is 0 Å². The molecule has 0 aromatic heterocycles. The third-order valence-corrected chi connectivity index (χ3v) is 5.82. The van der Waals surface area contributed by atoms with Gasteiger partial charge in [-0.2, -0.15) is 0 Å². The normalized spacial score (nSPS) is 16.5. The second kappa shape index (κ2) is 7.91. The number of anilines is 1. The molecule has 3 amide bonds. The first-order valence-corrected chi connectivity index (χ1v) is 10.1. The Morgan fingerprint density at radius 3 is 2.37 bits per heavy atom. The van der Waals surface area contributed by atoms with Crippen molar-refractivity contribution in [1.29, 1.82) is 0 Å². The van der Waals surface area contributed by atoms with E-state index in [2.05, 4.69) is 5.32 Å². The summed E-state index contributed by atoms with van der Waals surface area (Å²) in [5.74, 6) is -2.51. The number of carboxylic acids is 1. The number of nitrogens with zero attached hydrogens (tertiary/aromatic N) is 1. The molecule has 1 heterocycles. The fraction of sp³-hybridized carbons (Fsp3) is 0.273. The van der Waals surface area contributed by atoms with Gasteiger partial charge in [-0.1, -0.05) is 30.9 Å². The highest BCUT2D eigenvalue weighted by Gasteiger charge is 2.40. The van der Waals surface area contributed by atoms with Gasteiger partial charge in [0.15, 0.2) is 0 Å². The summed E-state index contributed by atoms with van der Waals surface area (Å²) >= 11 is 5.92. The average molecular weight is 427 g/mol. The summed E-state index contributed by atoms with van der Waals surface area (Å²) < 4.78 is 0. The standard InChI is InChI=1S/C22H19ClN2O5/c23-13-7-9-16(22(29)30)18(11-13)24-19(26)12-6-8-15-17(10-12)21(28)25(20(15)27)14-4-2-1-3-5-14/h6-11,14H,1-5H2,(H,24,26)(H,29,30). The van der Waals surface area contributed by atoms with Gasteiger partial charge in [0.2, 0.25) is 0 Å². The van der Waals surface area contributed by atoms with Crippen molar-refractivity contribution in [1.82, 2.24) is 4.90 Å². The van der Waals surface area contributed by atoms with E-state index in [1.165, 1.54) is 41.3 Å². The maximum Gasteiger partial charge on any atom is 0.337 e. The van der Waals surface area contributed by atoms with E-state index in [9.17, 15) is 24.3 Å². The van der Waals surface area contributed by atoms with Crippen LogP contribution in [0.2, 0.25) is 5.02 Å². The van der Waals surface area contributed by atoms with Crippen LogP contribution < -0.4 is 5.32 Å². The van der Waals surface area contributed by atoms with Gasteiger partial charge in [-0.3, -0.25) is 19.3 Å². The molecular weight excluding hydrogens is 408 g/mol. The molecule has 0 atom stereocenters. The second-order valence-corrected chi connectivity index (χ2v) is 7.92. The highest BCUT2D eigenvalue weighted by Crippen LogP contribution is 2.31. The fourth-order valence-electron chi connectivity index (χ4n) is 4.07. The third kappa shape index (κ3) is 3.57. The Kier molecular flexibility index (Phi) is 5.30. The highest BCUT2D eigenvalue weighted by atomic mass is 35.5. The van der Waals surface area contributed by atoms with Gasteiger partial charge in [0.25, 0.3) is 17.7 Å². The zero-order valence-corrected chi connectivity index (χ0v) is 16.7. The number of halogens is 1. The molecule has 2 aliphatic rings. The Labute approximate surface area is 177 Å². The van der Waals surface area contributed by atoms with E-state index >= 15 is 0 Å². The van der Waals surface area contributed by atoms with Gasteiger partial charge in [0.05, 0.1) is 22.4 Å². The van der Waals surface area contributed by atoms with Crippen LogP contribution in [-0.4, -0.2) is 39.7 Å². The predicted octanol–water partition coefficient (Wildman–Crippen LogP) is 4.22. The fourth-order valence-corrected chi connectivity index (χ4v) is 4.24. The molecule has 1 saturated carbocycles. The van der Waals surface area contributed by atoms with Crippen molar-refractivity contribution < 1.29 is 24.3 Å². The minimum absolute atomic E-state index is 0.0479. The SMILES string of the molecule is O=C(Nc1cc(Cl)ccc1C(=O)O)c1ccc2c(c1)C(=O)N(C1CCCCC1)C2=O. The molecule has 7 nitrogen and oxygen atoms in total. The summed E-state index contributed by atoms with van der Waals surface area (Å²) in [6.45, 7) is 0. The molecule has 0 radical (unpaired) electrons. The molecule has 4 rings (SSSR count). The molecule has 2 N–H and O–H groups in total. The Morgan fingerprint density at radius 1 is 0.967 bits per heavy atom. The molecule has 2 aromatic rings. The van der Waals surface area contributed by atoms with Crippen molar-refractivity contribution in [2.24, 2.45) is 0 Å². The van der Waals surface area contributed by atoms with Crippen LogP contribution in [0.25, 0.3) is 0 Å². The lowest BCUT2D eigenvalue weighted by Gasteiger charge is -2.29. The van der Waals surface area contributed by atoms with Crippen molar-refractivity contribution in [2.45, 2.75) is 38.1 Å². The largest absolute Gasteiger partial charge is 0.478 e. The maximum absolute atomic E-state index is 12.9. The zero-order valence-electron chi connectivity index (χ0n) is 16.0. The number of nitrogens with one attached hydrogen (secondary N) is 1. The highest BCUT2D eigenvalue weighted by molar-refractivity contribution is 6.31. The number of amides is 3. The topological polar surface area (TPSA) is 104 Å². The van der Waals surface area contributed by atoms with E-state index in [-0.39, 0.29) is 50.8 Å². The number of aromatic carboxylic acids is 1. The van der Waals surface area contributed by atoms with E-state index in [4.69, 9.17) is 11.6 Å². The lowest BCUT2D eigenvalue weighted by atomic mass is 9.94. The molecule has 154 valence electrons. The lowest BCUT2D eigenvalue weighted by Crippen LogP contribution is -2.40. The number of carbonyl (C=O) groups excluding carboxylic acids is 3. The van der Waals surface area contributed by atoms with Gasteiger partial charge in [-0.25, -0.2) is 4.79 Å². The van der Waals surface area contributed by atoms with Crippen LogP contribution in [0.15, 0.2) is 36.4 Å². The van der Waals surface area contributed by atoms with Gasteiger partial charge in [-0.15, -0.1) is 0 Å². The zero-order chi connectivity index (χ0) is 21.4. The lowest BCUT2D eigenvalue weighted by molar-refractivity contribution is 0.0547. The summed E-state index contributed by atoms with van der Waals surface area (Å²) in [5.41, 5.74) is 0.575. The molecular formula is C22H19ClN2O5. The van der Waals surface area contributed by atoms with E-state index in [0.29, 0.717) is 0 Å². The maximum atomic E-state index is 12.9. The van der Waals surface area contributed by atoms with Crippen LogP contribution in [0, 0.1) is 0 Å². The van der Waals surface area contributed by atoms with Crippen LogP contribution in [-0.2, 0) is 0 Å². The van der Waals surface area contributed by atoms with Crippen molar-refractivity contribution >= 4 is 41.0 Å². The van der Waals surface area contributed by atoms with Crippen LogP contribution in [0.5, 0.6) is 0 Å². The molecule has 8 heteroatoms. The van der Waals surface area contributed by atoms with Gasteiger partial charge in [0, 0.05) is 16.6 Å². The Morgan fingerprint density at radius 2 is 1.67 bits per heavy atom. The number of hydrogen-bond acceptors (Lipinski definition) is 4. The molecule has 1 fully saturated rings. The van der Waals surface area contributed by atoms with E-state index in [1.807, 2.05) is 0 Å². The monoisotopic (exact) mass is 426 g/mol. The smallest absolute Gasteiger partial charge is 0.337 e. The summed E-state index contributed by atoms with van der Waals surface area (Å²) in [6.07, 6.45) is 4.66.